The molecule has 0 saturated heterocycles. The Morgan fingerprint density at radius 2 is 0.750 bits per heavy atom. The van der Waals surface area contributed by atoms with Gasteiger partial charge < -0.3 is 0 Å². The third-order valence-electron chi connectivity index (χ3n) is 13.6. The molecule has 0 heteroatoms. The van der Waals surface area contributed by atoms with E-state index in [9.17, 15) is 0 Å². The van der Waals surface area contributed by atoms with Crippen LogP contribution in [0.15, 0.2) is 170 Å². The van der Waals surface area contributed by atoms with Crippen LogP contribution in [-0.4, -0.2) is 0 Å². The average molecular weight is 713 g/mol. The SMILES string of the molecule is CC1(C)c2ccccc2-c2cc3c(cc21)-c1ccc(-c2ccc4ccc5c(-c6cccc(-c7ccc8ccccc8c7)c6)ccc6ccc2c4c65)cc1C3(C)C. The van der Waals surface area contributed by atoms with Gasteiger partial charge in [-0.25, -0.2) is 0 Å². The molecule has 264 valence electrons. The summed E-state index contributed by atoms with van der Waals surface area (Å²) in [6, 6.07) is 64.4. The van der Waals surface area contributed by atoms with Gasteiger partial charge in [-0.1, -0.05) is 167 Å². The first-order valence-corrected chi connectivity index (χ1v) is 20.0. The van der Waals surface area contributed by atoms with Crippen molar-refractivity contribution < 1.29 is 0 Å². The van der Waals surface area contributed by atoms with Crippen molar-refractivity contribution in [2.24, 2.45) is 0 Å². The molecule has 0 amide bonds. The van der Waals surface area contributed by atoms with Crippen LogP contribution in [0.25, 0.3) is 98.7 Å². The Bertz CT molecular complexity index is 3300. The Balaban J connectivity index is 0.988. The summed E-state index contributed by atoms with van der Waals surface area (Å²) in [5.74, 6) is 0. The fourth-order valence-corrected chi connectivity index (χ4v) is 10.6. The zero-order valence-electron chi connectivity index (χ0n) is 32.2. The van der Waals surface area contributed by atoms with Crippen LogP contribution >= 0.6 is 0 Å². The van der Waals surface area contributed by atoms with Gasteiger partial charge in [-0.2, -0.15) is 0 Å². The van der Waals surface area contributed by atoms with E-state index >= 15 is 0 Å². The van der Waals surface area contributed by atoms with Crippen LogP contribution in [0.5, 0.6) is 0 Å². The van der Waals surface area contributed by atoms with Gasteiger partial charge in [0, 0.05) is 10.8 Å². The number of fused-ring (bicyclic) bond motifs is 7. The first kappa shape index (κ1) is 31.8. The van der Waals surface area contributed by atoms with E-state index in [0.717, 1.165) is 0 Å². The first-order valence-electron chi connectivity index (χ1n) is 20.0. The third kappa shape index (κ3) is 4.25. The summed E-state index contributed by atoms with van der Waals surface area (Å²) in [4.78, 5) is 0. The van der Waals surface area contributed by atoms with Crippen molar-refractivity contribution >= 4 is 43.1 Å². The van der Waals surface area contributed by atoms with Crippen molar-refractivity contribution in [2.45, 2.75) is 38.5 Å². The summed E-state index contributed by atoms with van der Waals surface area (Å²) >= 11 is 0. The van der Waals surface area contributed by atoms with Gasteiger partial charge in [0.25, 0.3) is 0 Å². The van der Waals surface area contributed by atoms with Crippen molar-refractivity contribution in [1.82, 2.24) is 0 Å². The molecule has 0 aliphatic heterocycles. The Labute approximate surface area is 328 Å². The lowest BCUT2D eigenvalue weighted by Crippen LogP contribution is -2.17. The number of hydrogen-bond acceptors (Lipinski definition) is 0. The molecule has 0 aromatic heterocycles. The maximum absolute atomic E-state index is 2.52. The summed E-state index contributed by atoms with van der Waals surface area (Å²) in [7, 11) is 0. The molecule has 12 rings (SSSR count). The molecule has 2 aliphatic carbocycles. The van der Waals surface area contributed by atoms with Gasteiger partial charge in [0.05, 0.1) is 0 Å². The summed E-state index contributed by atoms with van der Waals surface area (Å²) in [5.41, 5.74) is 18.7. The molecule has 0 bridgehead atoms. The lowest BCUT2D eigenvalue weighted by atomic mass is 9.79. The minimum atomic E-state index is -0.114. The molecule has 10 aromatic carbocycles. The third-order valence-corrected chi connectivity index (χ3v) is 13.6. The van der Waals surface area contributed by atoms with Gasteiger partial charge in [0.1, 0.15) is 0 Å². The molecule has 0 unspecified atom stereocenters. The van der Waals surface area contributed by atoms with E-state index in [0.29, 0.717) is 0 Å². The fourth-order valence-electron chi connectivity index (χ4n) is 10.6. The molecule has 10 aromatic rings. The molecule has 0 atom stereocenters. The van der Waals surface area contributed by atoms with E-state index in [1.807, 2.05) is 0 Å². The van der Waals surface area contributed by atoms with Gasteiger partial charge in [0.2, 0.25) is 0 Å². The van der Waals surface area contributed by atoms with Gasteiger partial charge in [0.15, 0.2) is 0 Å². The topological polar surface area (TPSA) is 0 Å². The van der Waals surface area contributed by atoms with Crippen LogP contribution in [0, 0.1) is 0 Å². The van der Waals surface area contributed by atoms with E-state index in [1.54, 1.807) is 0 Å². The highest BCUT2D eigenvalue weighted by Crippen LogP contribution is 2.56. The molecule has 0 fully saturated rings. The summed E-state index contributed by atoms with van der Waals surface area (Å²) in [5, 5.41) is 10.4. The molecule has 0 spiro atoms. The quantitative estimate of drug-likeness (QED) is 0.160. The van der Waals surface area contributed by atoms with Crippen molar-refractivity contribution in [3.63, 3.8) is 0 Å². The Kier molecular flexibility index (Phi) is 6.28. The zero-order chi connectivity index (χ0) is 37.5. The molecular weight excluding hydrogens is 673 g/mol. The molecule has 2 aliphatic rings. The lowest BCUT2D eigenvalue weighted by molar-refractivity contribution is 0.652. The smallest absolute Gasteiger partial charge is 0.0159 e. The van der Waals surface area contributed by atoms with E-state index in [1.165, 1.54) is 121 Å². The Morgan fingerprint density at radius 3 is 1.46 bits per heavy atom. The monoisotopic (exact) mass is 712 g/mol. The molecule has 0 saturated carbocycles. The molecule has 0 nitrogen and oxygen atoms in total. The first-order chi connectivity index (χ1) is 27.3. The normalized spacial score (nSPS) is 14.7. The van der Waals surface area contributed by atoms with Crippen molar-refractivity contribution in [3.05, 3.63) is 192 Å². The summed E-state index contributed by atoms with van der Waals surface area (Å²) in [6.07, 6.45) is 0. The standard InChI is InChI=1S/C56H40/c1-55(2)49-15-8-7-14-43(49)47-31-52-48(32-51(47)55)44-25-22-40(30-50(44)56(52,3)4)42-24-19-35-20-26-45-41(23-18-34-21-27-46(42)54(35)53(34)45)39-13-9-12-37(29-39)38-17-16-33-10-5-6-11-36(33)28-38/h5-32H,1-4H3. The van der Waals surface area contributed by atoms with Crippen LogP contribution in [-0.2, 0) is 10.8 Å². The average Bonchev–Trinajstić information content (AvgIpc) is 3.60. The maximum atomic E-state index is 2.52. The van der Waals surface area contributed by atoms with E-state index in [4.69, 9.17) is 0 Å². The van der Waals surface area contributed by atoms with Crippen LogP contribution < -0.4 is 0 Å². The maximum Gasteiger partial charge on any atom is 0.0159 e. The molecule has 0 radical (unpaired) electrons. The minimum absolute atomic E-state index is 0.0184. The number of hydrogen-bond donors (Lipinski definition) is 0. The lowest BCUT2D eigenvalue weighted by Gasteiger charge is -2.24. The predicted molar refractivity (Wildman–Crippen MR) is 239 cm³/mol. The van der Waals surface area contributed by atoms with Crippen molar-refractivity contribution in [1.29, 1.82) is 0 Å². The van der Waals surface area contributed by atoms with E-state index in [-0.39, 0.29) is 10.8 Å². The zero-order valence-corrected chi connectivity index (χ0v) is 32.2. The Morgan fingerprint density at radius 1 is 0.268 bits per heavy atom. The van der Waals surface area contributed by atoms with Crippen LogP contribution in [0.3, 0.4) is 0 Å². The Hall–Kier alpha value is -6.50. The number of rotatable bonds is 3. The highest BCUT2D eigenvalue weighted by atomic mass is 14.4. The second-order valence-corrected chi connectivity index (χ2v) is 17.3. The highest BCUT2D eigenvalue weighted by molar-refractivity contribution is 6.27. The largest absolute Gasteiger partial charge is 0.0619 e. The van der Waals surface area contributed by atoms with Gasteiger partial charge in [-0.3, -0.25) is 0 Å². The fraction of sp³-hybridized carbons (Fsp3) is 0.107. The van der Waals surface area contributed by atoms with Crippen molar-refractivity contribution in [2.75, 3.05) is 0 Å². The molecule has 0 heterocycles. The van der Waals surface area contributed by atoms with Gasteiger partial charge in [-0.05, 0) is 151 Å². The molecule has 56 heavy (non-hydrogen) atoms. The highest BCUT2D eigenvalue weighted by Gasteiger charge is 2.41. The van der Waals surface area contributed by atoms with Gasteiger partial charge in [-0.15, -0.1) is 0 Å². The second kappa shape index (κ2) is 11.1. The predicted octanol–water partition coefficient (Wildman–Crippen LogP) is 15.4. The van der Waals surface area contributed by atoms with E-state index < -0.39 is 0 Å². The molecular formula is C56H40. The van der Waals surface area contributed by atoms with Crippen LogP contribution in [0.1, 0.15) is 49.9 Å². The minimum Gasteiger partial charge on any atom is -0.0619 e. The van der Waals surface area contributed by atoms with Crippen LogP contribution in [0.2, 0.25) is 0 Å². The van der Waals surface area contributed by atoms with E-state index in [2.05, 4.69) is 198 Å². The van der Waals surface area contributed by atoms with Crippen LogP contribution in [0.4, 0.5) is 0 Å². The second-order valence-electron chi connectivity index (χ2n) is 17.3. The van der Waals surface area contributed by atoms with Crippen molar-refractivity contribution in [3.8, 4) is 55.6 Å². The number of benzene rings is 10. The van der Waals surface area contributed by atoms with Gasteiger partial charge >= 0.3 is 0 Å². The summed E-state index contributed by atoms with van der Waals surface area (Å²) < 4.78 is 0. The molecule has 0 N–H and O–H groups in total. The summed E-state index contributed by atoms with van der Waals surface area (Å²) in [6.45, 7) is 9.60.